The van der Waals surface area contributed by atoms with Crippen LogP contribution in [0.4, 0.5) is 0 Å². The van der Waals surface area contributed by atoms with Gasteiger partial charge in [-0.15, -0.1) is 0 Å². The van der Waals surface area contributed by atoms with E-state index in [0.29, 0.717) is 12.5 Å². The van der Waals surface area contributed by atoms with Crippen molar-refractivity contribution in [3.63, 3.8) is 0 Å². The number of carboxylic acid groups (broad SMARTS) is 1. The van der Waals surface area contributed by atoms with Gasteiger partial charge in [0.15, 0.2) is 0 Å². The molecule has 112 valence electrons. The Balaban J connectivity index is 1.67. The first-order chi connectivity index (χ1) is 9.61. The minimum Gasteiger partial charge on any atom is -0.481 e. The molecule has 0 aromatic heterocycles. The molecule has 3 rings (SSSR count). The van der Waals surface area contributed by atoms with Crippen molar-refractivity contribution in [1.29, 1.82) is 0 Å². The maximum atomic E-state index is 12.5. The number of nitrogens with one attached hydrogen (secondary N) is 1. The molecular formula is C15H24N2O3. The average Bonchev–Trinajstić information content (AvgIpc) is 3.12. The number of carbonyl (C=O) groups is 2. The van der Waals surface area contributed by atoms with Gasteiger partial charge in [0.25, 0.3) is 0 Å². The molecular weight excluding hydrogens is 256 g/mol. The Morgan fingerprint density at radius 1 is 1.15 bits per heavy atom. The van der Waals surface area contributed by atoms with E-state index < -0.39 is 5.97 Å². The largest absolute Gasteiger partial charge is 0.481 e. The maximum Gasteiger partial charge on any atom is 0.308 e. The number of hydrogen-bond donors (Lipinski definition) is 3. The van der Waals surface area contributed by atoms with Crippen molar-refractivity contribution in [3.8, 4) is 0 Å². The molecule has 0 aromatic rings. The topological polar surface area (TPSA) is 92.4 Å². The fourth-order valence-electron chi connectivity index (χ4n) is 4.79. The lowest BCUT2D eigenvalue weighted by molar-refractivity contribution is -0.145. The fourth-order valence-corrected chi connectivity index (χ4v) is 4.79. The molecule has 3 aliphatic rings. The minimum atomic E-state index is -0.746. The van der Waals surface area contributed by atoms with Crippen LogP contribution in [0.5, 0.6) is 0 Å². The molecule has 5 nitrogen and oxygen atoms in total. The number of hydrogen-bond acceptors (Lipinski definition) is 3. The molecule has 6 unspecified atom stereocenters. The van der Waals surface area contributed by atoms with Gasteiger partial charge in [-0.1, -0.05) is 6.42 Å². The Bertz CT molecular complexity index is 412. The van der Waals surface area contributed by atoms with E-state index in [1.165, 1.54) is 0 Å². The molecule has 3 aliphatic carbocycles. The molecule has 3 fully saturated rings. The number of fused-ring (bicyclic) bond motifs is 2. The summed E-state index contributed by atoms with van der Waals surface area (Å²) < 4.78 is 0. The molecule has 0 heterocycles. The number of carbonyl (C=O) groups excluding carboxylic acids is 1. The molecule has 3 saturated carbocycles. The standard InChI is InChI=1S/C15H24N2O3/c16-7-10-2-1-3-11(10)14(18)17-13-9-5-4-8(6-9)12(13)15(19)20/h8-13H,1-7,16H2,(H,17,18)(H,19,20). The predicted octanol–water partition coefficient (Wildman–Crippen LogP) is 0.977. The number of rotatable bonds is 4. The quantitative estimate of drug-likeness (QED) is 0.715. The Morgan fingerprint density at radius 3 is 2.60 bits per heavy atom. The third kappa shape index (κ3) is 2.22. The van der Waals surface area contributed by atoms with E-state index in [4.69, 9.17) is 5.73 Å². The third-order valence-corrected chi connectivity index (χ3v) is 5.81. The molecule has 0 aliphatic heterocycles. The lowest BCUT2D eigenvalue weighted by atomic mass is 9.84. The summed E-state index contributed by atoms with van der Waals surface area (Å²) in [4.78, 5) is 23.9. The Labute approximate surface area is 119 Å². The molecule has 0 spiro atoms. The first-order valence-electron chi connectivity index (χ1n) is 7.85. The van der Waals surface area contributed by atoms with Gasteiger partial charge < -0.3 is 16.2 Å². The van der Waals surface area contributed by atoms with Gasteiger partial charge in [-0.2, -0.15) is 0 Å². The molecule has 5 heteroatoms. The molecule has 2 bridgehead atoms. The van der Waals surface area contributed by atoms with Crippen molar-refractivity contribution in [2.24, 2.45) is 35.3 Å². The lowest BCUT2D eigenvalue weighted by Crippen LogP contribution is -2.49. The molecule has 0 saturated heterocycles. The van der Waals surface area contributed by atoms with Crippen LogP contribution < -0.4 is 11.1 Å². The van der Waals surface area contributed by atoms with Crippen molar-refractivity contribution in [3.05, 3.63) is 0 Å². The van der Waals surface area contributed by atoms with Gasteiger partial charge >= 0.3 is 5.97 Å². The van der Waals surface area contributed by atoms with Gasteiger partial charge in [-0.25, -0.2) is 0 Å². The highest BCUT2D eigenvalue weighted by molar-refractivity contribution is 5.81. The van der Waals surface area contributed by atoms with Crippen LogP contribution in [-0.2, 0) is 9.59 Å². The SMILES string of the molecule is NCC1CCCC1C(=O)NC1C2CCC(C2)C1C(=O)O. The van der Waals surface area contributed by atoms with Gasteiger partial charge in [0, 0.05) is 12.0 Å². The van der Waals surface area contributed by atoms with Crippen LogP contribution in [0.25, 0.3) is 0 Å². The molecule has 20 heavy (non-hydrogen) atoms. The highest BCUT2D eigenvalue weighted by Gasteiger charge is 2.52. The predicted molar refractivity (Wildman–Crippen MR) is 73.8 cm³/mol. The normalized spacial score (nSPS) is 42.9. The van der Waals surface area contributed by atoms with E-state index >= 15 is 0 Å². The molecule has 4 N–H and O–H groups in total. The molecule has 6 atom stereocenters. The first kappa shape index (κ1) is 13.9. The summed E-state index contributed by atoms with van der Waals surface area (Å²) in [5, 5.41) is 12.5. The van der Waals surface area contributed by atoms with E-state index in [9.17, 15) is 14.7 Å². The monoisotopic (exact) mass is 280 g/mol. The summed E-state index contributed by atoms with van der Waals surface area (Å²) in [6, 6.07) is -0.155. The van der Waals surface area contributed by atoms with E-state index in [1.54, 1.807) is 0 Å². The second-order valence-corrected chi connectivity index (χ2v) is 6.76. The van der Waals surface area contributed by atoms with Crippen LogP contribution in [0, 0.1) is 29.6 Å². The van der Waals surface area contributed by atoms with Crippen LogP contribution >= 0.6 is 0 Å². The van der Waals surface area contributed by atoms with Crippen molar-refractivity contribution < 1.29 is 14.7 Å². The fraction of sp³-hybridized carbons (Fsp3) is 0.867. The summed E-state index contributed by atoms with van der Waals surface area (Å²) >= 11 is 0. The van der Waals surface area contributed by atoms with Crippen molar-refractivity contribution in [2.45, 2.75) is 44.6 Å². The van der Waals surface area contributed by atoms with Crippen molar-refractivity contribution in [1.82, 2.24) is 5.32 Å². The van der Waals surface area contributed by atoms with Crippen molar-refractivity contribution >= 4 is 11.9 Å². The van der Waals surface area contributed by atoms with Crippen LogP contribution in [0.15, 0.2) is 0 Å². The van der Waals surface area contributed by atoms with Crippen LogP contribution in [-0.4, -0.2) is 29.6 Å². The smallest absolute Gasteiger partial charge is 0.308 e. The second kappa shape index (κ2) is 5.35. The molecule has 1 amide bonds. The number of nitrogens with two attached hydrogens (primary N) is 1. The number of carboxylic acids is 1. The van der Waals surface area contributed by atoms with Gasteiger partial charge in [-0.05, 0) is 56.4 Å². The maximum absolute atomic E-state index is 12.5. The second-order valence-electron chi connectivity index (χ2n) is 6.76. The summed E-state index contributed by atoms with van der Waals surface area (Å²) in [5.74, 6) is -0.189. The Morgan fingerprint density at radius 2 is 1.90 bits per heavy atom. The number of aliphatic carboxylic acids is 1. The van der Waals surface area contributed by atoms with Crippen LogP contribution in [0.2, 0.25) is 0 Å². The van der Waals surface area contributed by atoms with E-state index in [2.05, 4.69) is 5.32 Å². The zero-order chi connectivity index (χ0) is 14.3. The highest BCUT2D eigenvalue weighted by Crippen LogP contribution is 2.48. The average molecular weight is 280 g/mol. The third-order valence-electron chi connectivity index (χ3n) is 5.81. The van der Waals surface area contributed by atoms with E-state index in [-0.39, 0.29) is 35.6 Å². The van der Waals surface area contributed by atoms with Gasteiger partial charge in [0.2, 0.25) is 5.91 Å². The minimum absolute atomic E-state index is 0.00595. The summed E-state index contributed by atoms with van der Waals surface area (Å²) in [6.45, 7) is 0.553. The van der Waals surface area contributed by atoms with E-state index in [0.717, 1.165) is 38.5 Å². The highest BCUT2D eigenvalue weighted by atomic mass is 16.4. The zero-order valence-electron chi connectivity index (χ0n) is 11.8. The van der Waals surface area contributed by atoms with Crippen molar-refractivity contribution in [2.75, 3.05) is 6.54 Å². The molecule has 0 radical (unpaired) electrons. The summed E-state index contributed by atoms with van der Waals surface area (Å²) in [6.07, 6.45) is 6.00. The Hall–Kier alpha value is -1.10. The molecule has 0 aromatic carbocycles. The number of amides is 1. The van der Waals surface area contributed by atoms with Crippen LogP contribution in [0.1, 0.15) is 38.5 Å². The van der Waals surface area contributed by atoms with Gasteiger partial charge in [0.05, 0.1) is 5.92 Å². The lowest BCUT2D eigenvalue weighted by Gasteiger charge is -2.30. The van der Waals surface area contributed by atoms with Crippen LogP contribution in [0.3, 0.4) is 0 Å². The zero-order valence-corrected chi connectivity index (χ0v) is 11.8. The first-order valence-corrected chi connectivity index (χ1v) is 7.85. The summed E-state index contributed by atoms with van der Waals surface area (Å²) in [5.41, 5.74) is 5.73. The summed E-state index contributed by atoms with van der Waals surface area (Å²) in [7, 11) is 0. The van der Waals surface area contributed by atoms with Gasteiger partial charge in [-0.3, -0.25) is 9.59 Å². The Kier molecular flexibility index (Phi) is 3.71. The van der Waals surface area contributed by atoms with Gasteiger partial charge in [0.1, 0.15) is 0 Å². The van der Waals surface area contributed by atoms with E-state index in [1.807, 2.05) is 0 Å².